The summed E-state index contributed by atoms with van der Waals surface area (Å²) in [5.74, 6) is -0.810. The SMILES string of the molecule is O=C(OCc1cc(=O)n2ccsc2n1)c1cccc(NC(=O)c2cccs2)c1. The molecule has 0 saturated carbocycles. The van der Waals surface area contributed by atoms with E-state index in [0.717, 1.165) is 0 Å². The zero-order valence-electron chi connectivity index (χ0n) is 14.3. The van der Waals surface area contributed by atoms with Crippen LogP contribution in [-0.4, -0.2) is 21.3 Å². The van der Waals surface area contributed by atoms with Crippen molar-refractivity contribution >= 4 is 45.2 Å². The lowest BCUT2D eigenvalue weighted by Gasteiger charge is -2.07. The van der Waals surface area contributed by atoms with Gasteiger partial charge in [0.15, 0.2) is 4.96 Å². The predicted octanol–water partition coefficient (Wildman–Crippen LogP) is 3.43. The Bertz CT molecular complexity index is 1210. The number of carbonyl (C=O) groups excluding carboxylic acids is 2. The first-order valence-corrected chi connectivity index (χ1v) is 9.94. The van der Waals surface area contributed by atoms with Crippen molar-refractivity contribution in [1.82, 2.24) is 9.38 Å². The highest BCUT2D eigenvalue weighted by atomic mass is 32.1. The number of fused-ring (bicyclic) bond motifs is 1. The molecule has 0 aliphatic heterocycles. The number of ether oxygens (including phenoxy) is 1. The first kappa shape index (κ1) is 18.1. The number of anilines is 1. The molecule has 0 atom stereocenters. The molecule has 0 aliphatic rings. The molecule has 0 unspecified atom stereocenters. The van der Waals surface area contributed by atoms with E-state index in [1.807, 2.05) is 5.38 Å². The van der Waals surface area contributed by atoms with Crippen molar-refractivity contribution in [2.24, 2.45) is 0 Å². The number of nitrogens with zero attached hydrogens (tertiary/aromatic N) is 2. The molecule has 3 aromatic heterocycles. The molecule has 4 rings (SSSR count). The molecule has 0 radical (unpaired) electrons. The number of carbonyl (C=O) groups is 2. The molecule has 7 nitrogen and oxygen atoms in total. The van der Waals surface area contributed by atoms with Crippen molar-refractivity contribution in [3.63, 3.8) is 0 Å². The lowest BCUT2D eigenvalue weighted by Crippen LogP contribution is -2.15. The highest BCUT2D eigenvalue weighted by Gasteiger charge is 2.12. The highest BCUT2D eigenvalue weighted by molar-refractivity contribution is 7.15. The van der Waals surface area contributed by atoms with Crippen molar-refractivity contribution < 1.29 is 14.3 Å². The Morgan fingerprint density at radius 2 is 2.00 bits per heavy atom. The molecule has 0 bridgehead atoms. The van der Waals surface area contributed by atoms with Crippen LogP contribution in [0.15, 0.2) is 64.2 Å². The summed E-state index contributed by atoms with van der Waals surface area (Å²) >= 11 is 2.66. The summed E-state index contributed by atoms with van der Waals surface area (Å²) in [4.78, 5) is 41.9. The van der Waals surface area contributed by atoms with Gasteiger partial charge in [0.2, 0.25) is 0 Å². The Morgan fingerprint density at radius 1 is 1.11 bits per heavy atom. The van der Waals surface area contributed by atoms with Crippen molar-refractivity contribution in [1.29, 1.82) is 0 Å². The molecule has 9 heteroatoms. The Hall–Kier alpha value is -3.30. The molecule has 1 N–H and O–H groups in total. The van der Waals surface area contributed by atoms with Crippen molar-refractivity contribution in [2.75, 3.05) is 5.32 Å². The van der Waals surface area contributed by atoms with Crippen LogP contribution in [0.5, 0.6) is 0 Å². The van der Waals surface area contributed by atoms with E-state index in [1.165, 1.54) is 33.1 Å². The molecule has 0 saturated heterocycles. The van der Waals surface area contributed by atoms with Crippen LogP contribution < -0.4 is 10.9 Å². The van der Waals surface area contributed by atoms with Crippen LogP contribution in [0.1, 0.15) is 25.7 Å². The topological polar surface area (TPSA) is 89.8 Å². The number of esters is 1. The summed E-state index contributed by atoms with van der Waals surface area (Å²) in [5, 5.41) is 6.32. The fourth-order valence-electron chi connectivity index (χ4n) is 2.51. The zero-order valence-corrected chi connectivity index (χ0v) is 16.0. The van der Waals surface area contributed by atoms with E-state index in [4.69, 9.17) is 4.74 Å². The minimum Gasteiger partial charge on any atom is -0.456 e. The summed E-state index contributed by atoms with van der Waals surface area (Å²) in [5.41, 5.74) is 0.931. The van der Waals surface area contributed by atoms with E-state index in [0.29, 0.717) is 21.2 Å². The third-order valence-electron chi connectivity index (χ3n) is 3.81. The molecule has 28 heavy (non-hydrogen) atoms. The summed E-state index contributed by atoms with van der Waals surface area (Å²) in [6, 6.07) is 11.3. The number of rotatable bonds is 5. The second-order valence-electron chi connectivity index (χ2n) is 5.73. The van der Waals surface area contributed by atoms with E-state index in [9.17, 15) is 14.4 Å². The number of thiophene rings is 1. The summed E-state index contributed by atoms with van der Waals surface area (Å²) < 4.78 is 6.70. The van der Waals surface area contributed by atoms with Gasteiger partial charge in [-0.15, -0.1) is 22.7 Å². The Kier molecular flexibility index (Phi) is 5.00. The average molecular weight is 411 g/mol. The van der Waals surface area contributed by atoms with Gasteiger partial charge in [-0.2, -0.15) is 0 Å². The first-order valence-electron chi connectivity index (χ1n) is 8.18. The number of hydrogen-bond acceptors (Lipinski definition) is 7. The zero-order chi connectivity index (χ0) is 19.5. The Morgan fingerprint density at radius 3 is 2.82 bits per heavy atom. The van der Waals surface area contributed by atoms with Gasteiger partial charge in [-0.25, -0.2) is 9.78 Å². The molecule has 4 aromatic rings. The van der Waals surface area contributed by atoms with Gasteiger partial charge in [0.1, 0.15) is 6.61 Å². The van der Waals surface area contributed by atoms with E-state index >= 15 is 0 Å². The summed E-state index contributed by atoms with van der Waals surface area (Å²) in [6.07, 6.45) is 1.64. The molecular formula is C19H13N3O4S2. The van der Waals surface area contributed by atoms with Crippen LogP contribution in [0.4, 0.5) is 5.69 Å². The molecule has 140 valence electrons. The number of benzene rings is 1. The minimum atomic E-state index is -0.569. The van der Waals surface area contributed by atoms with Crippen molar-refractivity contribution in [3.8, 4) is 0 Å². The van der Waals surface area contributed by atoms with Gasteiger partial charge in [-0.1, -0.05) is 12.1 Å². The predicted molar refractivity (Wildman–Crippen MR) is 107 cm³/mol. The van der Waals surface area contributed by atoms with E-state index in [2.05, 4.69) is 10.3 Å². The van der Waals surface area contributed by atoms with Gasteiger partial charge < -0.3 is 10.1 Å². The maximum Gasteiger partial charge on any atom is 0.338 e. The van der Waals surface area contributed by atoms with Gasteiger partial charge in [0, 0.05) is 23.3 Å². The lowest BCUT2D eigenvalue weighted by molar-refractivity contribution is 0.0467. The van der Waals surface area contributed by atoms with Crippen LogP contribution in [0.2, 0.25) is 0 Å². The largest absolute Gasteiger partial charge is 0.456 e. The van der Waals surface area contributed by atoms with Gasteiger partial charge in [-0.05, 0) is 29.6 Å². The summed E-state index contributed by atoms with van der Waals surface area (Å²) in [7, 11) is 0. The van der Waals surface area contributed by atoms with E-state index in [1.54, 1.807) is 48.0 Å². The number of nitrogens with one attached hydrogen (secondary N) is 1. The fraction of sp³-hybridized carbons (Fsp3) is 0.0526. The fourth-order valence-corrected chi connectivity index (χ4v) is 3.87. The third-order valence-corrected chi connectivity index (χ3v) is 5.43. The maximum atomic E-state index is 12.3. The normalized spacial score (nSPS) is 10.7. The van der Waals surface area contributed by atoms with E-state index in [-0.39, 0.29) is 23.6 Å². The number of hydrogen-bond donors (Lipinski definition) is 1. The number of amides is 1. The molecule has 0 fully saturated rings. The second-order valence-corrected chi connectivity index (χ2v) is 7.55. The standard InChI is InChI=1S/C19H13N3O4S2/c23-16-10-14(21-19-22(16)6-8-28-19)11-26-18(25)12-3-1-4-13(9-12)20-17(24)15-5-2-7-27-15/h1-10H,11H2,(H,20,24). The maximum absolute atomic E-state index is 12.3. The number of thiazole rings is 1. The molecule has 1 amide bonds. The van der Waals surface area contributed by atoms with Crippen LogP contribution in [0, 0.1) is 0 Å². The third kappa shape index (κ3) is 3.85. The van der Waals surface area contributed by atoms with Gasteiger partial charge in [0.25, 0.3) is 11.5 Å². The first-order chi connectivity index (χ1) is 13.6. The highest BCUT2D eigenvalue weighted by Crippen LogP contribution is 2.16. The van der Waals surface area contributed by atoms with Gasteiger partial charge >= 0.3 is 5.97 Å². The monoisotopic (exact) mass is 411 g/mol. The van der Waals surface area contributed by atoms with Crippen LogP contribution >= 0.6 is 22.7 Å². The molecule has 0 aliphatic carbocycles. The van der Waals surface area contributed by atoms with Gasteiger partial charge in [0.05, 0.1) is 16.1 Å². The van der Waals surface area contributed by atoms with Crippen molar-refractivity contribution in [2.45, 2.75) is 6.61 Å². The minimum absolute atomic E-state index is 0.117. The van der Waals surface area contributed by atoms with Crippen LogP contribution in [0.3, 0.4) is 0 Å². The summed E-state index contributed by atoms with van der Waals surface area (Å²) in [6.45, 7) is -0.117. The van der Waals surface area contributed by atoms with Crippen LogP contribution in [-0.2, 0) is 11.3 Å². The number of aromatic nitrogens is 2. The molecule has 3 heterocycles. The smallest absolute Gasteiger partial charge is 0.338 e. The quantitative estimate of drug-likeness (QED) is 0.508. The van der Waals surface area contributed by atoms with Crippen molar-refractivity contribution in [3.05, 3.63) is 85.9 Å². The Labute approximate surface area is 166 Å². The average Bonchev–Trinajstić information content (AvgIpc) is 3.38. The van der Waals surface area contributed by atoms with Gasteiger partial charge in [-0.3, -0.25) is 14.0 Å². The van der Waals surface area contributed by atoms with E-state index < -0.39 is 5.97 Å². The lowest BCUT2D eigenvalue weighted by atomic mass is 10.2. The molecule has 1 aromatic carbocycles. The molecule has 0 spiro atoms. The van der Waals surface area contributed by atoms with Crippen LogP contribution in [0.25, 0.3) is 4.96 Å². The molecular weight excluding hydrogens is 398 g/mol. The second kappa shape index (κ2) is 7.75. The Balaban J connectivity index is 1.44.